The molecule has 1 aliphatic heterocycles. The summed E-state index contributed by atoms with van der Waals surface area (Å²) in [4.78, 5) is 16.6. The molecule has 0 unspecified atom stereocenters. The van der Waals surface area contributed by atoms with E-state index in [9.17, 15) is 22.0 Å². The summed E-state index contributed by atoms with van der Waals surface area (Å²) >= 11 is 0. The first-order chi connectivity index (χ1) is 13.3. The van der Waals surface area contributed by atoms with E-state index in [-0.39, 0.29) is 23.0 Å². The maximum Gasteiger partial charge on any atom is 0.387 e. The van der Waals surface area contributed by atoms with Gasteiger partial charge in [-0.1, -0.05) is 24.3 Å². The zero-order chi connectivity index (χ0) is 20.3. The number of aliphatic imine (C=N–C) groups is 1. The minimum atomic E-state index is -3.67. The van der Waals surface area contributed by atoms with Crippen molar-refractivity contribution in [1.82, 2.24) is 10.0 Å². The molecule has 0 fully saturated rings. The third-order valence-electron chi connectivity index (χ3n) is 3.98. The van der Waals surface area contributed by atoms with Gasteiger partial charge in [-0.2, -0.15) is 8.78 Å². The molecule has 10 heteroatoms. The average Bonchev–Trinajstić information content (AvgIpc) is 2.91. The fourth-order valence-electron chi connectivity index (χ4n) is 2.61. The maximum atomic E-state index is 12.3. The molecular formula is C18H17F2N3O4S. The predicted molar refractivity (Wildman–Crippen MR) is 97.7 cm³/mol. The second-order valence-electron chi connectivity index (χ2n) is 6.00. The average molecular weight is 409 g/mol. The van der Waals surface area contributed by atoms with Gasteiger partial charge in [-0.3, -0.25) is 14.5 Å². The van der Waals surface area contributed by atoms with Crippen molar-refractivity contribution >= 4 is 21.8 Å². The minimum Gasteiger partial charge on any atom is -0.435 e. The molecule has 7 nitrogen and oxygen atoms in total. The SMILES string of the molecule is C[C@H](N=C1NS(=O)(=O)c2ccccc21)C(=O)NCc1ccc(OC(F)F)cc1. The van der Waals surface area contributed by atoms with Crippen LogP contribution in [-0.4, -0.2) is 32.8 Å². The zero-order valence-electron chi connectivity index (χ0n) is 14.7. The monoisotopic (exact) mass is 409 g/mol. The number of rotatable bonds is 6. The van der Waals surface area contributed by atoms with Crippen LogP contribution in [0.15, 0.2) is 58.4 Å². The van der Waals surface area contributed by atoms with E-state index >= 15 is 0 Å². The molecule has 1 amide bonds. The highest BCUT2D eigenvalue weighted by molar-refractivity contribution is 7.90. The first-order valence-electron chi connectivity index (χ1n) is 8.28. The number of ether oxygens (including phenoxy) is 1. The number of amides is 1. The summed E-state index contributed by atoms with van der Waals surface area (Å²) in [6.45, 7) is -1.20. The Balaban J connectivity index is 1.63. The summed E-state index contributed by atoms with van der Waals surface area (Å²) < 4.78 is 55.0. The fourth-order valence-corrected chi connectivity index (χ4v) is 3.85. The number of halogens is 2. The van der Waals surface area contributed by atoms with Crippen molar-refractivity contribution in [2.24, 2.45) is 4.99 Å². The molecular weight excluding hydrogens is 392 g/mol. The van der Waals surface area contributed by atoms with Gasteiger partial charge in [-0.15, -0.1) is 0 Å². The molecule has 1 aliphatic rings. The molecule has 1 atom stereocenters. The molecule has 1 heterocycles. The molecule has 148 valence electrons. The van der Waals surface area contributed by atoms with E-state index in [0.29, 0.717) is 11.1 Å². The van der Waals surface area contributed by atoms with Gasteiger partial charge >= 0.3 is 6.61 Å². The lowest BCUT2D eigenvalue weighted by atomic mass is 10.2. The van der Waals surface area contributed by atoms with E-state index in [4.69, 9.17) is 0 Å². The Morgan fingerprint density at radius 1 is 1.18 bits per heavy atom. The van der Waals surface area contributed by atoms with Gasteiger partial charge in [-0.05, 0) is 36.8 Å². The molecule has 0 bridgehead atoms. The number of carbonyl (C=O) groups is 1. The summed E-state index contributed by atoms with van der Waals surface area (Å²) in [5.74, 6) is -0.271. The quantitative estimate of drug-likeness (QED) is 0.763. The zero-order valence-corrected chi connectivity index (χ0v) is 15.5. The summed E-state index contributed by atoms with van der Waals surface area (Å²) in [5.41, 5.74) is 1.10. The number of nitrogens with zero attached hydrogens (tertiary/aromatic N) is 1. The molecule has 0 radical (unpaired) electrons. The summed E-state index contributed by atoms with van der Waals surface area (Å²) in [5, 5.41) is 2.67. The van der Waals surface area contributed by atoms with Crippen LogP contribution >= 0.6 is 0 Å². The Morgan fingerprint density at radius 3 is 2.54 bits per heavy atom. The van der Waals surface area contributed by atoms with Gasteiger partial charge in [0.15, 0.2) is 0 Å². The third kappa shape index (κ3) is 4.45. The Labute approximate surface area is 160 Å². The second kappa shape index (κ2) is 7.93. The maximum absolute atomic E-state index is 12.3. The van der Waals surface area contributed by atoms with Crippen LogP contribution in [-0.2, 0) is 21.4 Å². The molecule has 0 aliphatic carbocycles. The van der Waals surface area contributed by atoms with E-state index in [0.717, 1.165) is 0 Å². The molecule has 0 saturated heterocycles. The van der Waals surface area contributed by atoms with Gasteiger partial charge < -0.3 is 10.1 Å². The molecule has 3 rings (SSSR count). The number of nitrogens with one attached hydrogen (secondary N) is 2. The van der Waals surface area contributed by atoms with Crippen molar-refractivity contribution in [1.29, 1.82) is 0 Å². The van der Waals surface area contributed by atoms with E-state index in [1.165, 1.54) is 25.1 Å². The van der Waals surface area contributed by atoms with Gasteiger partial charge in [0, 0.05) is 12.1 Å². The first-order valence-corrected chi connectivity index (χ1v) is 9.76. The van der Waals surface area contributed by atoms with Crippen LogP contribution in [0.2, 0.25) is 0 Å². The van der Waals surface area contributed by atoms with Crippen LogP contribution in [0.25, 0.3) is 0 Å². The topological polar surface area (TPSA) is 96.9 Å². The van der Waals surface area contributed by atoms with Crippen LogP contribution in [0.4, 0.5) is 8.78 Å². The second-order valence-corrected chi connectivity index (χ2v) is 7.65. The van der Waals surface area contributed by atoms with E-state index in [1.807, 2.05) is 0 Å². The smallest absolute Gasteiger partial charge is 0.387 e. The lowest BCUT2D eigenvalue weighted by Crippen LogP contribution is -2.33. The van der Waals surface area contributed by atoms with Gasteiger partial charge in [-0.25, -0.2) is 8.42 Å². The standard InChI is InChI=1S/C18H17F2N3O4S/c1-11(22-16-14-4-2-3-5-15(14)28(25,26)23-16)17(24)21-10-12-6-8-13(9-7-12)27-18(19)20/h2-9,11,18H,10H2,1H3,(H,21,24)(H,22,23)/t11-/m0/s1. The summed E-state index contributed by atoms with van der Waals surface area (Å²) in [7, 11) is -3.67. The predicted octanol–water partition coefficient (Wildman–Crippen LogP) is 2.03. The van der Waals surface area contributed by atoms with Gasteiger partial charge in [0.2, 0.25) is 5.91 Å². The number of hydrogen-bond donors (Lipinski definition) is 2. The van der Waals surface area contributed by atoms with Gasteiger partial charge in [0.05, 0.1) is 4.90 Å². The number of benzene rings is 2. The van der Waals surface area contributed by atoms with Crippen molar-refractivity contribution in [3.05, 3.63) is 59.7 Å². The van der Waals surface area contributed by atoms with Crippen molar-refractivity contribution in [2.45, 2.75) is 31.0 Å². The van der Waals surface area contributed by atoms with Crippen LogP contribution in [0.1, 0.15) is 18.1 Å². The molecule has 0 aromatic heterocycles. The van der Waals surface area contributed by atoms with Gasteiger partial charge in [0.25, 0.3) is 10.0 Å². The molecule has 2 aromatic rings. The summed E-state index contributed by atoms with van der Waals surface area (Å²) in [6.07, 6.45) is 0. The minimum absolute atomic E-state index is 0.0250. The number of fused-ring (bicyclic) bond motifs is 1. The fraction of sp³-hybridized carbons (Fsp3) is 0.222. The highest BCUT2D eigenvalue weighted by Gasteiger charge is 2.31. The number of amidine groups is 1. The molecule has 2 N–H and O–H groups in total. The Kier molecular flexibility index (Phi) is 5.59. The van der Waals surface area contributed by atoms with Crippen molar-refractivity contribution < 1.29 is 26.7 Å². The summed E-state index contributed by atoms with van der Waals surface area (Å²) in [6, 6.07) is 11.4. The molecule has 0 saturated carbocycles. The largest absolute Gasteiger partial charge is 0.435 e. The van der Waals surface area contributed by atoms with Crippen LogP contribution in [0.3, 0.4) is 0 Å². The van der Waals surface area contributed by atoms with Crippen molar-refractivity contribution in [3.63, 3.8) is 0 Å². The Bertz CT molecular complexity index is 1010. The molecule has 2 aromatic carbocycles. The van der Waals surface area contributed by atoms with E-state index in [2.05, 4.69) is 19.8 Å². The Hall–Kier alpha value is -3.01. The highest BCUT2D eigenvalue weighted by Crippen LogP contribution is 2.22. The van der Waals surface area contributed by atoms with Crippen LogP contribution in [0.5, 0.6) is 5.75 Å². The van der Waals surface area contributed by atoms with Crippen molar-refractivity contribution in [3.8, 4) is 5.75 Å². The van der Waals surface area contributed by atoms with Crippen LogP contribution in [0, 0.1) is 0 Å². The third-order valence-corrected chi connectivity index (χ3v) is 5.38. The number of hydrogen-bond acceptors (Lipinski definition) is 5. The van der Waals surface area contributed by atoms with Crippen molar-refractivity contribution in [2.75, 3.05) is 0 Å². The lowest BCUT2D eigenvalue weighted by Gasteiger charge is -2.10. The van der Waals surface area contributed by atoms with Crippen LogP contribution < -0.4 is 14.8 Å². The first kappa shape index (κ1) is 19.7. The van der Waals surface area contributed by atoms with Gasteiger partial charge in [0.1, 0.15) is 17.6 Å². The normalized spacial score (nSPS) is 17.1. The number of alkyl halides is 2. The number of carbonyl (C=O) groups excluding carboxylic acids is 1. The molecule has 0 spiro atoms. The Morgan fingerprint density at radius 2 is 1.86 bits per heavy atom. The molecule has 28 heavy (non-hydrogen) atoms. The number of sulfonamides is 1. The van der Waals surface area contributed by atoms with E-state index < -0.39 is 28.6 Å². The van der Waals surface area contributed by atoms with E-state index in [1.54, 1.807) is 30.3 Å². The lowest BCUT2D eigenvalue weighted by molar-refractivity contribution is -0.122. The highest BCUT2D eigenvalue weighted by atomic mass is 32.2.